The van der Waals surface area contributed by atoms with Gasteiger partial charge in [0.2, 0.25) is 0 Å². The van der Waals surface area contributed by atoms with Gasteiger partial charge in [0.05, 0.1) is 20.6 Å². The van der Waals surface area contributed by atoms with Gasteiger partial charge >= 0.3 is 0 Å². The molecule has 0 aliphatic rings. The van der Waals surface area contributed by atoms with Gasteiger partial charge in [-0.1, -0.05) is 43.1 Å². The van der Waals surface area contributed by atoms with Crippen molar-refractivity contribution in [1.82, 2.24) is 4.57 Å². The van der Waals surface area contributed by atoms with Gasteiger partial charge in [-0.15, -0.1) is 22.7 Å². The highest BCUT2D eigenvalue weighted by molar-refractivity contribution is 7.19. The van der Waals surface area contributed by atoms with Crippen LogP contribution in [0.25, 0.3) is 10.6 Å². The van der Waals surface area contributed by atoms with E-state index in [4.69, 9.17) is 16.6 Å². The number of para-hydroxylation sites is 1. The largest absolute Gasteiger partial charge is 0.316 e. The average molecular weight is 349 g/mol. The van der Waals surface area contributed by atoms with E-state index in [0.29, 0.717) is 0 Å². The maximum absolute atomic E-state index is 6.09. The summed E-state index contributed by atoms with van der Waals surface area (Å²) in [4.78, 5) is 7.04. The maximum Gasteiger partial charge on any atom is 0.190 e. The van der Waals surface area contributed by atoms with E-state index >= 15 is 0 Å². The molecule has 0 saturated carbocycles. The van der Waals surface area contributed by atoms with Gasteiger partial charge in [0.25, 0.3) is 0 Å². The molecule has 2 aromatic heterocycles. The number of benzene rings is 1. The first kappa shape index (κ1) is 15.5. The van der Waals surface area contributed by atoms with Gasteiger partial charge in [-0.3, -0.25) is 0 Å². The summed E-state index contributed by atoms with van der Waals surface area (Å²) in [7, 11) is 0. The third-order valence-electron chi connectivity index (χ3n) is 3.34. The summed E-state index contributed by atoms with van der Waals surface area (Å²) in [5.41, 5.74) is 2.20. The number of nitrogens with zero attached hydrogens (tertiary/aromatic N) is 2. The van der Waals surface area contributed by atoms with Gasteiger partial charge in [-0.2, -0.15) is 0 Å². The second-order valence-corrected chi connectivity index (χ2v) is 7.51. The minimum absolute atomic E-state index is 0.824. The zero-order valence-corrected chi connectivity index (χ0v) is 14.7. The van der Waals surface area contributed by atoms with Crippen LogP contribution < -0.4 is 4.80 Å². The summed E-state index contributed by atoms with van der Waals surface area (Å²) in [5, 5.41) is 2.18. The Balaban J connectivity index is 2.07. The molecule has 1 aromatic carbocycles. The highest BCUT2D eigenvalue weighted by Crippen LogP contribution is 2.31. The van der Waals surface area contributed by atoms with Crippen LogP contribution in [0.2, 0.25) is 4.34 Å². The minimum atomic E-state index is 0.824. The molecule has 0 radical (unpaired) electrons. The summed E-state index contributed by atoms with van der Waals surface area (Å²) in [6.45, 7) is 3.19. The second kappa shape index (κ2) is 7.27. The lowest BCUT2D eigenvalue weighted by atomic mass is 10.3. The monoisotopic (exact) mass is 348 g/mol. The fourth-order valence-electron chi connectivity index (χ4n) is 2.21. The SMILES string of the molecule is CCCCn1c(-c2ccc(Cl)s2)csc1=Nc1ccccc1. The van der Waals surface area contributed by atoms with Crippen LogP contribution in [0.1, 0.15) is 19.8 Å². The van der Waals surface area contributed by atoms with Crippen molar-refractivity contribution in [1.29, 1.82) is 0 Å². The number of thiazole rings is 1. The number of rotatable bonds is 5. The fraction of sp³-hybridized carbons (Fsp3) is 0.235. The molecule has 3 rings (SSSR count). The second-order valence-electron chi connectivity index (χ2n) is 4.96. The van der Waals surface area contributed by atoms with Crippen molar-refractivity contribution in [3.05, 3.63) is 57.0 Å². The lowest BCUT2D eigenvalue weighted by Gasteiger charge is -2.06. The molecule has 2 nitrogen and oxygen atoms in total. The van der Waals surface area contributed by atoms with Crippen molar-refractivity contribution in [2.75, 3.05) is 0 Å². The molecule has 5 heteroatoms. The number of unbranched alkanes of at least 4 members (excludes halogenated alkanes) is 1. The molecule has 0 aliphatic heterocycles. The molecule has 0 N–H and O–H groups in total. The molecular weight excluding hydrogens is 332 g/mol. The third-order valence-corrected chi connectivity index (χ3v) is 5.46. The van der Waals surface area contributed by atoms with Crippen molar-refractivity contribution in [2.45, 2.75) is 26.3 Å². The van der Waals surface area contributed by atoms with E-state index in [1.165, 1.54) is 10.6 Å². The molecular formula is C17H17ClN2S2. The molecule has 0 atom stereocenters. The first-order valence-corrected chi connectivity index (χ1v) is 9.39. The number of hydrogen-bond acceptors (Lipinski definition) is 3. The van der Waals surface area contributed by atoms with E-state index in [0.717, 1.165) is 34.2 Å². The van der Waals surface area contributed by atoms with Gasteiger partial charge in [0.1, 0.15) is 0 Å². The van der Waals surface area contributed by atoms with Crippen molar-refractivity contribution in [3.63, 3.8) is 0 Å². The number of aromatic nitrogens is 1. The van der Waals surface area contributed by atoms with Gasteiger partial charge < -0.3 is 4.57 Å². The van der Waals surface area contributed by atoms with Crippen LogP contribution in [-0.4, -0.2) is 4.57 Å². The molecule has 0 unspecified atom stereocenters. The minimum Gasteiger partial charge on any atom is -0.316 e. The summed E-state index contributed by atoms with van der Waals surface area (Å²) < 4.78 is 3.13. The van der Waals surface area contributed by atoms with Crippen molar-refractivity contribution in [2.24, 2.45) is 4.99 Å². The molecule has 0 bridgehead atoms. The van der Waals surface area contributed by atoms with E-state index in [1.54, 1.807) is 22.7 Å². The van der Waals surface area contributed by atoms with Gasteiger partial charge in [0, 0.05) is 11.9 Å². The maximum atomic E-state index is 6.09. The highest BCUT2D eigenvalue weighted by Gasteiger charge is 2.10. The Morgan fingerprint density at radius 1 is 1.14 bits per heavy atom. The van der Waals surface area contributed by atoms with Gasteiger partial charge in [-0.05, 0) is 30.7 Å². The molecule has 0 aliphatic carbocycles. The van der Waals surface area contributed by atoms with E-state index in [1.807, 2.05) is 36.4 Å². The molecule has 114 valence electrons. The number of halogens is 1. The smallest absolute Gasteiger partial charge is 0.190 e. The summed E-state index contributed by atoms with van der Waals surface area (Å²) in [5.74, 6) is 0. The Kier molecular flexibility index (Phi) is 5.13. The lowest BCUT2D eigenvalue weighted by Crippen LogP contribution is -2.15. The Hall–Kier alpha value is -1.36. The van der Waals surface area contributed by atoms with E-state index in [9.17, 15) is 0 Å². The zero-order chi connectivity index (χ0) is 15.4. The lowest BCUT2D eigenvalue weighted by molar-refractivity contribution is 0.624. The molecule has 0 amide bonds. The zero-order valence-electron chi connectivity index (χ0n) is 12.3. The molecule has 22 heavy (non-hydrogen) atoms. The van der Waals surface area contributed by atoms with Crippen LogP contribution in [0.5, 0.6) is 0 Å². The summed E-state index contributed by atoms with van der Waals surface area (Å²) in [6.07, 6.45) is 2.31. The predicted octanol–water partition coefficient (Wildman–Crippen LogP) is 5.96. The Morgan fingerprint density at radius 2 is 1.95 bits per heavy atom. The molecule has 0 saturated heterocycles. The summed E-state index contributed by atoms with van der Waals surface area (Å²) in [6, 6.07) is 14.2. The normalized spacial score (nSPS) is 12.0. The average Bonchev–Trinajstić information content (AvgIpc) is 3.12. The fourth-order valence-corrected chi connectivity index (χ4v) is 4.30. The quantitative estimate of drug-likeness (QED) is 0.541. The topological polar surface area (TPSA) is 17.3 Å². The van der Waals surface area contributed by atoms with Crippen molar-refractivity contribution in [3.8, 4) is 10.6 Å². The molecule has 0 spiro atoms. The first-order chi connectivity index (χ1) is 10.8. The van der Waals surface area contributed by atoms with Crippen LogP contribution in [0, 0.1) is 0 Å². The van der Waals surface area contributed by atoms with Crippen LogP contribution in [-0.2, 0) is 6.54 Å². The Morgan fingerprint density at radius 3 is 2.64 bits per heavy atom. The standard InChI is InChI=1S/C17H17ClN2S2/c1-2-3-11-20-14(15-9-10-16(18)22-15)12-21-17(20)19-13-7-5-4-6-8-13/h4-10,12H,2-3,11H2,1H3. The van der Waals surface area contributed by atoms with Crippen LogP contribution in [0.4, 0.5) is 5.69 Å². The van der Waals surface area contributed by atoms with Crippen LogP contribution >= 0.6 is 34.3 Å². The number of thiophene rings is 1. The molecule has 3 aromatic rings. The van der Waals surface area contributed by atoms with Crippen molar-refractivity contribution < 1.29 is 0 Å². The first-order valence-electron chi connectivity index (χ1n) is 7.31. The van der Waals surface area contributed by atoms with E-state index < -0.39 is 0 Å². The molecule has 0 fully saturated rings. The third kappa shape index (κ3) is 3.51. The van der Waals surface area contributed by atoms with Gasteiger partial charge in [-0.25, -0.2) is 4.99 Å². The Labute approximate surface area is 143 Å². The van der Waals surface area contributed by atoms with Crippen LogP contribution in [0.15, 0.2) is 52.8 Å². The van der Waals surface area contributed by atoms with E-state index in [2.05, 4.69) is 22.9 Å². The molecule has 2 heterocycles. The highest BCUT2D eigenvalue weighted by atomic mass is 35.5. The van der Waals surface area contributed by atoms with Crippen molar-refractivity contribution >= 4 is 40.0 Å². The Bertz CT molecular complexity index is 799. The predicted molar refractivity (Wildman–Crippen MR) is 97.2 cm³/mol. The van der Waals surface area contributed by atoms with Crippen LogP contribution in [0.3, 0.4) is 0 Å². The van der Waals surface area contributed by atoms with E-state index in [-0.39, 0.29) is 0 Å². The number of hydrogen-bond donors (Lipinski definition) is 0. The van der Waals surface area contributed by atoms with Gasteiger partial charge in [0.15, 0.2) is 4.80 Å². The summed E-state index contributed by atoms with van der Waals surface area (Å²) >= 11 is 9.40.